The monoisotopic (exact) mass is 1090 g/mol. The molecule has 34 heteroatoms. The van der Waals surface area contributed by atoms with Crippen molar-refractivity contribution in [1.29, 1.82) is 0 Å². The van der Waals surface area contributed by atoms with Gasteiger partial charge in [0.1, 0.15) is 54.4 Å². The van der Waals surface area contributed by atoms with E-state index in [1.54, 1.807) is 6.26 Å². The number of nitrogens with zero attached hydrogens (tertiary/aromatic N) is 2. The summed E-state index contributed by atoms with van der Waals surface area (Å²) in [6, 6.07) is -13.6. The van der Waals surface area contributed by atoms with Crippen LogP contribution >= 0.6 is 49.6 Å². The zero-order valence-corrected chi connectivity index (χ0v) is 42.2. The number of carboxylic acids is 1. The number of aliphatic hydroxyl groups is 3. The molecule has 9 amide bonds. The molecule has 71 heavy (non-hydrogen) atoms. The lowest BCUT2D eigenvalue weighted by molar-refractivity contribution is -0.143. The van der Waals surface area contributed by atoms with Crippen molar-refractivity contribution in [2.75, 3.05) is 68.7 Å². The maximum atomic E-state index is 13.6. The van der Waals surface area contributed by atoms with Crippen LogP contribution in [0.2, 0.25) is 0 Å². The van der Waals surface area contributed by atoms with E-state index in [2.05, 4.69) is 90.4 Å². The molecule has 0 aromatic heterocycles. The predicted molar refractivity (Wildman–Crippen MR) is 270 cm³/mol. The molecule has 0 aliphatic heterocycles. The van der Waals surface area contributed by atoms with E-state index in [1.165, 1.54) is 11.8 Å². The van der Waals surface area contributed by atoms with Crippen LogP contribution in [0, 0.1) is 0 Å². The van der Waals surface area contributed by atoms with Crippen LogP contribution in [0.1, 0.15) is 32.1 Å². The van der Waals surface area contributed by atoms with Gasteiger partial charge >= 0.3 is 5.97 Å². The first kappa shape index (κ1) is 65.5. The van der Waals surface area contributed by atoms with Crippen LogP contribution in [0.3, 0.4) is 0 Å². The fourth-order valence-corrected chi connectivity index (χ4v) is 6.88. The van der Waals surface area contributed by atoms with Gasteiger partial charge in [-0.3, -0.25) is 53.1 Å². The maximum Gasteiger partial charge on any atom is 0.328 e. The lowest BCUT2D eigenvalue weighted by atomic mass is 10.1. The lowest BCUT2D eigenvalue weighted by Gasteiger charge is -2.27. The fraction of sp³-hybridized carbons (Fsp3) is 0.676. The average molecular weight is 1090 g/mol. The molecule has 0 aromatic rings. The second-order valence-corrected chi connectivity index (χ2v) is 17.0. The standard InChI is InChI=1S/C37H68N16O14S4/c1-71-9-6-19(47-33(64)23(14-68)51-27(58)17(45-26(57)10-38)4-2-7-43-36(39)40)29(60)49-21(12-55)31(62)52-25(16-70)34(65)53-24(15-69)32(63)46-18(5-3-8-44-37(41)42)28(59)48-20(11-54)30(61)50-22(13-56)35(66)67/h17-25,54-56,68-70H,2-16,38H2,1H3,(H,45,57)(H,46,63)(H,47,64)(H,48,59)(H,49,60)(H,50,61)(H,51,58)(H,52,62)(H,53,65)(H,66,67)(H4,39,40,43)(H4,41,42,44)/t17-,18-,19-,20-,21-,22-,23-,24-,25-/m0/s1. The summed E-state index contributed by atoms with van der Waals surface area (Å²) in [4.78, 5) is 137. The highest BCUT2D eigenvalue weighted by molar-refractivity contribution is 7.98. The number of thiol groups is 3. The van der Waals surface area contributed by atoms with Crippen LogP contribution in [-0.2, 0) is 47.9 Å². The highest BCUT2D eigenvalue weighted by Crippen LogP contribution is 2.07. The second kappa shape index (κ2) is 36.4. The number of carbonyl (C=O) groups excluding carboxylic acids is 9. The number of aliphatic imine (C=N–C) groups is 2. The van der Waals surface area contributed by atoms with E-state index in [-0.39, 0.29) is 62.9 Å². The predicted octanol–water partition coefficient (Wildman–Crippen LogP) is -9.98. The highest BCUT2D eigenvalue weighted by Gasteiger charge is 2.34. The molecular weight excluding hydrogens is 1020 g/mol. The van der Waals surface area contributed by atoms with Gasteiger partial charge in [0.15, 0.2) is 11.9 Å². The number of thioether (sulfide) groups is 1. The number of aliphatic carboxylic acids is 1. The van der Waals surface area contributed by atoms with E-state index in [9.17, 15) is 63.3 Å². The van der Waals surface area contributed by atoms with Crippen LogP contribution in [0.25, 0.3) is 0 Å². The molecule has 0 aliphatic rings. The smallest absolute Gasteiger partial charge is 0.328 e. The Kier molecular flexibility index (Phi) is 33.6. The van der Waals surface area contributed by atoms with Crippen molar-refractivity contribution in [2.45, 2.75) is 86.5 Å². The van der Waals surface area contributed by atoms with E-state index >= 15 is 0 Å². The van der Waals surface area contributed by atoms with Crippen LogP contribution < -0.4 is 76.5 Å². The molecule has 0 fully saturated rings. The van der Waals surface area contributed by atoms with Gasteiger partial charge in [-0.1, -0.05) is 0 Å². The topological polar surface area (TPSA) is 515 Å². The van der Waals surface area contributed by atoms with Crippen molar-refractivity contribution in [3.8, 4) is 0 Å². The number of carboxylic acid groups (broad SMARTS) is 1. The number of rotatable bonds is 36. The van der Waals surface area contributed by atoms with Gasteiger partial charge in [-0.25, -0.2) is 4.79 Å². The number of amides is 9. The van der Waals surface area contributed by atoms with Crippen molar-refractivity contribution >= 4 is 121 Å². The van der Waals surface area contributed by atoms with Gasteiger partial charge < -0.3 is 96.9 Å². The van der Waals surface area contributed by atoms with Crippen molar-refractivity contribution < 1.29 is 68.4 Å². The van der Waals surface area contributed by atoms with Gasteiger partial charge in [0.25, 0.3) is 0 Å². The van der Waals surface area contributed by atoms with Gasteiger partial charge in [-0.2, -0.15) is 49.6 Å². The van der Waals surface area contributed by atoms with Crippen molar-refractivity contribution in [3.05, 3.63) is 0 Å². The van der Waals surface area contributed by atoms with E-state index < -0.39 is 151 Å². The summed E-state index contributed by atoms with van der Waals surface area (Å²) >= 11 is 13.7. The van der Waals surface area contributed by atoms with Crippen LogP contribution in [0.5, 0.6) is 0 Å². The normalized spacial score (nSPS) is 14.6. The highest BCUT2D eigenvalue weighted by atomic mass is 32.2. The molecular formula is C37H68N16O14S4. The van der Waals surface area contributed by atoms with Crippen molar-refractivity contribution in [2.24, 2.45) is 38.7 Å². The molecule has 9 atom stereocenters. The minimum Gasteiger partial charge on any atom is -0.480 e. The van der Waals surface area contributed by atoms with Gasteiger partial charge in [-0.05, 0) is 44.1 Å². The summed E-state index contributed by atoms with van der Waals surface area (Å²) in [5, 5.41) is 59.2. The summed E-state index contributed by atoms with van der Waals surface area (Å²) in [7, 11) is 0. The third-order valence-electron chi connectivity index (χ3n) is 9.48. The molecule has 0 heterocycles. The van der Waals surface area contributed by atoms with E-state index in [0.29, 0.717) is 5.75 Å². The van der Waals surface area contributed by atoms with Crippen molar-refractivity contribution in [1.82, 2.24) is 47.9 Å². The quantitative estimate of drug-likeness (QED) is 0.0120. The molecule has 0 rings (SSSR count). The van der Waals surface area contributed by atoms with E-state index in [0.717, 1.165) is 0 Å². The first-order valence-electron chi connectivity index (χ1n) is 21.5. The lowest BCUT2D eigenvalue weighted by Crippen LogP contribution is -2.61. The number of guanidine groups is 2. The molecule has 0 aliphatic carbocycles. The summed E-state index contributed by atoms with van der Waals surface area (Å²) in [5.74, 6) is -11.4. The summed E-state index contributed by atoms with van der Waals surface area (Å²) in [6.07, 6.45) is 1.89. The minimum atomic E-state index is -1.77. The SMILES string of the molecule is CSCC[C@H](NC(=O)[C@H](CS)NC(=O)[C@H](CCCN=C(N)N)NC(=O)CN)C(=O)N[C@@H](CO)C(=O)N[C@@H](CS)C(=O)N[C@@H](CS)C(=O)N[C@@H](CCCN=C(N)N)C(=O)N[C@@H](CO)C(=O)N[C@@H](CO)C(=O)O. The Morgan fingerprint density at radius 1 is 0.465 bits per heavy atom. The molecule has 0 saturated heterocycles. The van der Waals surface area contributed by atoms with Gasteiger partial charge in [0.2, 0.25) is 53.2 Å². The van der Waals surface area contributed by atoms with Crippen LogP contribution in [0.4, 0.5) is 0 Å². The number of aliphatic hydroxyl groups excluding tert-OH is 3. The molecule has 30 nitrogen and oxygen atoms in total. The number of hydrogen-bond acceptors (Lipinski definition) is 20. The van der Waals surface area contributed by atoms with Crippen molar-refractivity contribution in [3.63, 3.8) is 0 Å². The molecule has 0 unspecified atom stereocenters. The Labute approximate surface area is 429 Å². The third kappa shape index (κ3) is 26.0. The number of carbonyl (C=O) groups is 10. The summed E-state index contributed by atoms with van der Waals surface area (Å²) in [6.45, 7) is -3.39. The molecule has 0 radical (unpaired) electrons. The molecule has 0 spiro atoms. The third-order valence-corrected chi connectivity index (χ3v) is 11.2. The summed E-state index contributed by atoms with van der Waals surface area (Å²) in [5.41, 5.74) is 26.8. The Morgan fingerprint density at radius 3 is 1.04 bits per heavy atom. The minimum absolute atomic E-state index is 0.00541. The Hall–Kier alpha value is -5.52. The fourth-order valence-electron chi connectivity index (χ4n) is 5.64. The number of hydrogen-bond donors (Lipinski definition) is 21. The molecule has 23 N–H and O–H groups in total. The Balaban J connectivity index is 6.07. The zero-order chi connectivity index (χ0) is 54.2. The molecule has 404 valence electrons. The van der Waals surface area contributed by atoms with Crippen LogP contribution in [-0.4, -0.2) is 215 Å². The van der Waals surface area contributed by atoms with Crippen LogP contribution in [0.15, 0.2) is 9.98 Å². The largest absolute Gasteiger partial charge is 0.480 e. The van der Waals surface area contributed by atoms with E-state index in [1.807, 2.05) is 5.32 Å². The van der Waals surface area contributed by atoms with E-state index in [4.69, 9.17) is 33.8 Å². The zero-order valence-electron chi connectivity index (χ0n) is 38.7. The van der Waals surface area contributed by atoms with Gasteiger partial charge in [0, 0.05) is 30.3 Å². The van der Waals surface area contributed by atoms with Gasteiger partial charge in [-0.15, -0.1) is 0 Å². The Bertz CT molecular complexity index is 1850. The number of nitrogens with one attached hydrogen (secondary N) is 9. The second-order valence-electron chi connectivity index (χ2n) is 14.9. The average Bonchev–Trinajstić information content (AvgIpc) is 3.33. The van der Waals surface area contributed by atoms with Gasteiger partial charge in [0.05, 0.1) is 26.4 Å². The first-order valence-corrected chi connectivity index (χ1v) is 24.8. The molecule has 0 saturated carbocycles. The molecule has 0 bridgehead atoms. The number of nitrogens with two attached hydrogens (primary N) is 5. The summed E-state index contributed by atoms with van der Waals surface area (Å²) < 4.78 is 0. The first-order chi connectivity index (χ1) is 33.6. The molecule has 0 aromatic carbocycles. The Morgan fingerprint density at radius 2 is 0.746 bits per heavy atom. The maximum absolute atomic E-state index is 13.6.